The van der Waals surface area contributed by atoms with Gasteiger partial charge in [-0.2, -0.15) is 0 Å². The maximum Gasteiger partial charge on any atom is 0.225 e. The Hall–Kier alpha value is -0.570. The lowest BCUT2D eigenvalue weighted by Crippen LogP contribution is -2.54. The topological polar surface area (TPSA) is 68.2 Å². The lowest BCUT2D eigenvalue weighted by atomic mass is 10.1. The predicted molar refractivity (Wildman–Crippen MR) is 108 cm³/mol. The molecule has 2 N–H and O–H groups in total. The van der Waals surface area contributed by atoms with E-state index in [4.69, 9.17) is 4.99 Å². The largest absolute Gasteiger partial charge is 0.393 e. The van der Waals surface area contributed by atoms with E-state index >= 15 is 0 Å². The van der Waals surface area contributed by atoms with Crippen molar-refractivity contribution in [1.29, 1.82) is 0 Å². The van der Waals surface area contributed by atoms with Gasteiger partial charge in [0.1, 0.15) is 0 Å². The number of carbonyl (C=O) groups excluding carboxylic acids is 1. The van der Waals surface area contributed by atoms with Gasteiger partial charge in [0.15, 0.2) is 5.96 Å². The van der Waals surface area contributed by atoms with Crippen LogP contribution in [0.2, 0.25) is 0 Å². The summed E-state index contributed by atoms with van der Waals surface area (Å²) in [6.45, 7) is 10.6. The summed E-state index contributed by atoms with van der Waals surface area (Å²) in [7, 11) is 0. The summed E-state index contributed by atoms with van der Waals surface area (Å²) in [5, 5.41) is 13.3. The van der Waals surface area contributed by atoms with Crippen LogP contribution in [-0.4, -0.2) is 72.1 Å². The number of piperazine rings is 1. The maximum absolute atomic E-state index is 12.1. The quantitative estimate of drug-likeness (QED) is 0.386. The Morgan fingerprint density at radius 1 is 1.21 bits per heavy atom. The average Bonchev–Trinajstić information content (AvgIpc) is 2.96. The Balaban J connectivity index is 0.00000288. The normalized spacial score (nSPS) is 25.0. The smallest absolute Gasteiger partial charge is 0.225 e. The van der Waals surface area contributed by atoms with Gasteiger partial charge in [0.2, 0.25) is 5.91 Å². The van der Waals surface area contributed by atoms with Crippen LogP contribution in [0.5, 0.6) is 0 Å². The fourth-order valence-electron chi connectivity index (χ4n) is 3.36. The van der Waals surface area contributed by atoms with Gasteiger partial charge in [-0.15, -0.1) is 24.0 Å². The molecule has 0 aromatic rings. The van der Waals surface area contributed by atoms with Gasteiger partial charge in [-0.3, -0.25) is 9.79 Å². The number of rotatable bonds is 4. The third-order valence-corrected chi connectivity index (χ3v) is 4.81. The summed E-state index contributed by atoms with van der Waals surface area (Å²) < 4.78 is 0. The molecule has 1 amide bonds. The average molecular weight is 452 g/mol. The van der Waals surface area contributed by atoms with Gasteiger partial charge < -0.3 is 20.2 Å². The molecule has 0 spiro atoms. The molecule has 2 fully saturated rings. The molecule has 0 bridgehead atoms. The fourth-order valence-corrected chi connectivity index (χ4v) is 3.36. The third kappa shape index (κ3) is 5.75. The molecule has 0 radical (unpaired) electrons. The highest BCUT2D eigenvalue weighted by Crippen LogP contribution is 2.25. The molecule has 0 aromatic carbocycles. The predicted octanol–water partition coefficient (Wildman–Crippen LogP) is 1.53. The summed E-state index contributed by atoms with van der Waals surface area (Å²) in [6.07, 6.45) is 2.89. The number of hydrogen-bond acceptors (Lipinski definition) is 3. The minimum atomic E-state index is -0.192. The van der Waals surface area contributed by atoms with E-state index in [0.29, 0.717) is 12.5 Å². The van der Waals surface area contributed by atoms with Gasteiger partial charge in [-0.25, -0.2) is 0 Å². The van der Waals surface area contributed by atoms with Crippen LogP contribution in [0.4, 0.5) is 0 Å². The molecule has 24 heavy (non-hydrogen) atoms. The number of nitrogens with zero attached hydrogens (tertiary/aromatic N) is 3. The summed E-state index contributed by atoms with van der Waals surface area (Å²) >= 11 is 0. The molecule has 140 valence electrons. The first-order valence-electron chi connectivity index (χ1n) is 9.03. The van der Waals surface area contributed by atoms with Gasteiger partial charge in [0.05, 0.1) is 6.10 Å². The highest BCUT2D eigenvalue weighted by molar-refractivity contribution is 14.0. The Morgan fingerprint density at radius 2 is 1.83 bits per heavy atom. The van der Waals surface area contributed by atoms with E-state index in [1.165, 1.54) is 0 Å². The van der Waals surface area contributed by atoms with E-state index in [1.807, 2.05) is 18.7 Å². The Labute approximate surface area is 163 Å². The molecule has 2 rings (SSSR count). The number of aliphatic hydroxyl groups excluding tert-OH is 1. The fraction of sp³-hybridized carbons (Fsp3) is 0.882. The summed E-state index contributed by atoms with van der Waals surface area (Å²) in [6, 6.07) is 0. The molecule has 1 aliphatic carbocycles. The monoisotopic (exact) mass is 452 g/mol. The van der Waals surface area contributed by atoms with Gasteiger partial charge in [-0.1, -0.05) is 20.3 Å². The molecule has 1 heterocycles. The van der Waals surface area contributed by atoms with Crippen LogP contribution in [0, 0.1) is 11.8 Å². The number of aliphatic hydroxyl groups is 1. The highest BCUT2D eigenvalue weighted by atomic mass is 127. The van der Waals surface area contributed by atoms with Crippen molar-refractivity contribution in [1.82, 2.24) is 15.1 Å². The standard InChI is InChI=1S/C17H32N4O2.HI/c1-4-18-17(19-12-14-6-5-7-15(14)22)21-10-8-20(9-11-21)16(23)13(2)3;/h13-15,22H,4-12H2,1-3H3,(H,18,19);1H. The van der Waals surface area contributed by atoms with Crippen LogP contribution >= 0.6 is 24.0 Å². The molecule has 0 aromatic heterocycles. The molecule has 7 heteroatoms. The lowest BCUT2D eigenvalue weighted by molar-refractivity contribution is -0.135. The third-order valence-electron chi connectivity index (χ3n) is 4.81. The molecule has 1 saturated carbocycles. The molecule has 1 aliphatic heterocycles. The number of guanidine groups is 1. The first-order valence-corrected chi connectivity index (χ1v) is 9.03. The van der Waals surface area contributed by atoms with Crippen LogP contribution < -0.4 is 5.32 Å². The number of nitrogens with one attached hydrogen (secondary N) is 1. The van der Waals surface area contributed by atoms with Crippen molar-refractivity contribution in [2.24, 2.45) is 16.8 Å². The van der Waals surface area contributed by atoms with Gasteiger partial charge in [0, 0.05) is 51.1 Å². The number of amides is 1. The van der Waals surface area contributed by atoms with Crippen molar-refractivity contribution in [3.63, 3.8) is 0 Å². The van der Waals surface area contributed by atoms with E-state index in [-0.39, 0.29) is 41.9 Å². The first-order chi connectivity index (χ1) is 11.0. The second-order valence-corrected chi connectivity index (χ2v) is 6.92. The second-order valence-electron chi connectivity index (χ2n) is 6.92. The molecule has 2 atom stereocenters. The van der Waals surface area contributed by atoms with Crippen molar-refractivity contribution < 1.29 is 9.90 Å². The van der Waals surface area contributed by atoms with E-state index < -0.39 is 0 Å². The van der Waals surface area contributed by atoms with E-state index in [0.717, 1.165) is 57.9 Å². The zero-order chi connectivity index (χ0) is 16.8. The number of halogens is 1. The Morgan fingerprint density at radius 3 is 2.33 bits per heavy atom. The van der Waals surface area contributed by atoms with Gasteiger partial charge in [0.25, 0.3) is 0 Å². The van der Waals surface area contributed by atoms with Crippen LogP contribution in [-0.2, 0) is 4.79 Å². The zero-order valence-electron chi connectivity index (χ0n) is 15.2. The van der Waals surface area contributed by atoms with Crippen molar-refractivity contribution in [3.05, 3.63) is 0 Å². The first kappa shape index (κ1) is 21.5. The van der Waals surface area contributed by atoms with E-state index in [2.05, 4.69) is 17.1 Å². The van der Waals surface area contributed by atoms with Crippen molar-refractivity contribution in [2.75, 3.05) is 39.3 Å². The second kappa shape index (κ2) is 10.4. The summed E-state index contributed by atoms with van der Waals surface area (Å²) in [4.78, 5) is 21.0. The Kier molecular flexibility index (Phi) is 9.33. The molecule has 1 saturated heterocycles. The summed E-state index contributed by atoms with van der Waals surface area (Å²) in [5.74, 6) is 1.52. The van der Waals surface area contributed by atoms with E-state index in [9.17, 15) is 9.90 Å². The van der Waals surface area contributed by atoms with Crippen LogP contribution in [0.15, 0.2) is 4.99 Å². The van der Waals surface area contributed by atoms with Crippen LogP contribution in [0.25, 0.3) is 0 Å². The molecular weight excluding hydrogens is 419 g/mol. The van der Waals surface area contributed by atoms with Gasteiger partial charge >= 0.3 is 0 Å². The highest BCUT2D eigenvalue weighted by Gasteiger charge is 2.27. The zero-order valence-corrected chi connectivity index (χ0v) is 17.5. The maximum atomic E-state index is 12.1. The minimum absolute atomic E-state index is 0. The SMILES string of the molecule is CCNC(=NCC1CCCC1O)N1CCN(C(=O)C(C)C)CC1.I. The molecule has 2 aliphatic rings. The molecule has 6 nitrogen and oxygen atoms in total. The summed E-state index contributed by atoms with van der Waals surface area (Å²) in [5.41, 5.74) is 0. The van der Waals surface area contributed by atoms with Crippen molar-refractivity contribution >= 4 is 35.8 Å². The number of hydrogen-bond donors (Lipinski definition) is 2. The van der Waals surface area contributed by atoms with Crippen LogP contribution in [0.3, 0.4) is 0 Å². The molecular formula is C17H33IN4O2. The number of aliphatic imine (C=N–C) groups is 1. The van der Waals surface area contributed by atoms with E-state index in [1.54, 1.807) is 0 Å². The van der Waals surface area contributed by atoms with Crippen molar-refractivity contribution in [2.45, 2.75) is 46.1 Å². The van der Waals surface area contributed by atoms with Gasteiger partial charge in [-0.05, 0) is 19.8 Å². The van der Waals surface area contributed by atoms with Crippen LogP contribution in [0.1, 0.15) is 40.0 Å². The molecule has 2 unspecified atom stereocenters. The lowest BCUT2D eigenvalue weighted by Gasteiger charge is -2.37. The Bertz CT molecular complexity index is 423. The van der Waals surface area contributed by atoms with Crippen molar-refractivity contribution in [3.8, 4) is 0 Å². The minimum Gasteiger partial charge on any atom is -0.393 e. The number of carbonyl (C=O) groups is 1.